The number of sulfone groups is 1. The molecule has 274 valence electrons. The van der Waals surface area contributed by atoms with Gasteiger partial charge in [0.1, 0.15) is 17.7 Å². The molecule has 1 aromatic heterocycles. The van der Waals surface area contributed by atoms with Gasteiger partial charge in [-0.3, -0.25) is 9.59 Å². The van der Waals surface area contributed by atoms with Crippen molar-refractivity contribution in [3.63, 3.8) is 0 Å². The lowest BCUT2D eigenvalue weighted by Crippen LogP contribution is -2.58. The molecule has 12 nitrogen and oxygen atoms in total. The summed E-state index contributed by atoms with van der Waals surface area (Å²) in [5, 5.41) is 7.19. The number of nitrogens with two attached hydrogens (primary N) is 1. The van der Waals surface area contributed by atoms with E-state index in [0.717, 1.165) is 36.8 Å². The van der Waals surface area contributed by atoms with Crippen LogP contribution in [0.2, 0.25) is 0 Å². The van der Waals surface area contributed by atoms with E-state index in [1.54, 1.807) is 0 Å². The van der Waals surface area contributed by atoms with E-state index in [0.29, 0.717) is 62.4 Å². The van der Waals surface area contributed by atoms with E-state index < -0.39 is 67.5 Å². The quantitative estimate of drug-likeness (QED) is 0.307. The van der Waals surface area contributed by atoms with E-state index in [1.165, 1.54) is 24.3 Å². The van der Waals surface area contributed by atoms with Crippen LogP contribution in [0.15, 0.2) is 45.8 Å². The van der Waals surface area contributed by atoms with Crippen LogP contribution in [0.4, 0.5) is 23.2 Å². The number of aromatic nitrogens is 2. The first-order chi connectivity index (χ1) is 24.1. The molecular formula is C34H37F4N5O7S. The Morgan fingerprint density at radius 3 is 2.45 bits per heavy atom. The highest BCUT2D eigenvalue weighted by Crippen LogP contribution is 2.53. The van der Waals surface area contributed by atoms with Gasteiger partial charge < -0.3 is 29.9 Å². The molecule has 0 unspecified atom stereocenters. The van der Waals surface area contributed by atoms with Crippen molar-refractivity contribution in [2.75, 3.05) is 17.3 Å². The Morgan fingerprint density at radius 1 is 1.14 bits per heavy atom. The normalized spacial score (nSPS) is 27.9. The van der Waals surface area contributed by atoms with Crippen LogP contribution >= 0.6 is 0 Å². The molecule has 0 radical (unpaired) electrons. The minimum atomic E-state index is -4.58. The molecule has 4 fully saturated rings. The topological polar surface area (TPSA) is 167 Å². The molecule has 3 aromatic rings. The Bertz CT molecular complexity index is 1920. The zero-order valence-electron chi connectivity index (χ0n) is 27.7. The molecule has 3 N–H and O–H groups in total. The van der Waals surface area contributed by atoms with Crippen molar-refractivity contribution < 1.29 is 49.6 Å². The molecule has 17 heteroatoms. The van der Waals surface area contributed by atoms with E-state index in [9.17, 15) is 31.2 Å². The third-order valence-corrected chi connectivity index (χ3v) is 12.5. The van der Waals surface area contributed by atoms with E-state index >= 15 is 4.39 Å². The van der Waals surface area contributed by atoms with Crippen LogP contribution in [0.5, 0.6) is 5.75 Å². The molecule has 51 heavy (non-hydrogen) atoms. The van der Waals surface area contributed by atoms with Crippen LogP contribution < -0.4 is 20.7 Å². The van der Waals surface area contributed by atoms with E-state index in [2.05, 4.69) is 15.5 Å². The zero-order chi connectivity index (χ0) is 36.3. The Morgan fingerprint density at radius 2 is 1.82 bits per heavy atom. The predicted octanol–water partition coefficient (Wildman–Crippen LogP) is 4.81. The Balaban J connectivity index is 1.12. The van der Waals surface area contributed by atoms with Gasteiger partial charge in [0.25, 0.3) is 5.91 Å². The lowest BCUT2D eigenvalue weighted by molar-refractivity contribution is -0.189. The number of nitrogens with one attached hydrogen (secondary N) is 1. The largest absolute Gasteiger partial charge is 0.481 e. The molecule has 3 atom stereocenters. The maximum atomic E-state index is 15.7. The zero-order valence-corrected chi connectivity index (χ0v) is 28.5. The second kappa shape index (κ2) is 12.8. The number of alkyl halides is 3. The van der Waals surface area contributed by atoms with Gasteiger partial charge in [0.15, 0.2) is 15.9 Å². The lowest BCUT2D eigenvalue weighted by Gasteiger charge is -2.52. The van der Waals surface area contributed by atoms with Gasteiger partial charge in [-0.1, -0.05) is 17.3 Å². The molecule has 3 aliphatic carbocycles. The summed E-state index contributed by atoms with van der Waals surface area (Å²) in [6.45, 7) is 1.25. The molecule has 8 rings (SSSR count). The van der Waals surface area contributed by atoms with Crippen molar-refractivity contribution in [2.24, 2.45) is 5.73 Å². The van der Waals surface area contributed by atoms with Gasteiger partial charge in [-0.05, 0) is 88.1 Å². The number of ether oxygens (including phenoxy) is 2. The third-order valence-electron chi connectivity index (χ3n) is 10.7. The fourth-order valence-electron chi connectivity index (χ4n) is 7.55. The number of fused-ring (bicyclic) bond motifs is 4. The number of benzene rings is 2. The van der Waals surface area contributed by atoms with Gasteiger partial charge >= 0.3 is 6.18 Å². The first-order valence-corrected chi connectivity index (χ1v) is 18.5. The first-order valence-electron chi connectivity index (χ1n) is 16.8. The summed E-state index contributed by atoms with van der Waals surface area (Å²) >= 11 is 0. The summed E-state index contributed by atoms with van der Waals surface area (Å²) in [5.74, 6) is -2.39. The van der Waals surface area contributed by atoms with Crippen LogP contribution in [0.3, 0.4) is 0 Å². The number of nitrogens with zero attached hydrogens (tertiary/aromatic N) is 3. The molecule has 2 bridgehead atoms. The number of anilines is 1. The molecule has 3 saturated carbocycles. The maximum Gasteiger partial charge on any atom is 0.425 e. The van der Waals surface area contributed by atoms with E-state index in [1.807, 2.05) is 0 Å². The fraction of sp³-hybridized carbons (Fsp3) is 0.529. The van der Waals surface area contributed by atoms with E-state index in [-0.39, 0.29) is 29.5 Å². The molecule has 2 aliphatic heterocycles. The summed E-state index contributed by atoms with van der Waals surface area (Å²) in [6, 6.07) is 5.68. The van der Waals surface area contributed by atoms with Gasteiger partial charge in [0.05, 0.1) is 34.5 Å². The van der Waals surface area contributed by atoms with Crippen molar-refractivity contribution in [1.29, 1.82) is 0 Å². The molecule has 2 amide bonds. The lowest BCUT2D eigenvalue weighted by atomic mass is 9.57. The number of hydrogen-bond donors (Lipinski definition) is 2. The Labute approximate surface area is 290 Å². The highest BCUT2D eigenvalue weighted by atomic mass is 32.2. The number of hydrogen-bond acceptors (Lipinski definition) is 10. The van der Waals surface area contributed by atoms with Crippen molar-refractivity contribution in [2.45, 2.75) is 105 Å². The second-order valence-electron chi connectivity index (χ2n) is 14.0. The summed E-state index contributed by atoms with van der Waals surface area (Å²) in [5.41, 5.74) is 4.72. The summed E-state index contributed by atoms with van der Waals surface area (Å²) in [7, 11) is -4.27. The number of carbonyl (C=O) groups excluding carboxylic acids is 2. The maximum absolute atomic E-state index is 15.7. The average molecular weight is 736 g/mol. The van der Waals surface area contributed by atoms with Crippen molar-refractivity contribution in [3.05, 3.63) is 65.1 Å². The number of amides is 2. The fourth-order valence-corrected chi connectivity index (χ4v) is 9.11. The summed E-state index contributed by atoms with van der Waals surface area (Å²) < 4.78 is 97.5. The Hall–Kier alpha value is -4.09. The molecular weight excluding hydrogens is 698 g/mol. The first kappa shape index (κ1) is 35.3. The number of carbonyl (C=O) groups is 2. The minimum absolute atomic E-state index is 0.0750. The summed E-state index contributed by atoms with van der Waals surface area (Å²) in [4.78, 5) is 32.5. The van der Waals surface area contributed by atoms with Crippen LogP contribution in [0.1, 0.15) is 92.0 Å². The van der Waals surface area contributed by atoms with Gasteiger partial charge in [-0.25, -0.2) is 12.8 Å². The minimum Gasteiger partial charge on any atom is -0.481 e. The SMILES string of the molecule is C[C@@H](Oc1ccc(CN2C(=O)[C@@H](N)CS(=O)(=O)c3cc(F)c(C(=O)NC45CCC(c6nc([C@H]7CCCO7)no6)(CC4)CC5)cc32)cc1)C(F)(F)F. The van der Waals surface area contributed by atoms with Crippen LogP contribution in [-0.2, 0) is 31.3 Å². The molecule has 0 spiro atoms. The standard InChI is InChI=1S/C34H37F4N5O7S/c1-19(34(36,37)38)49-21-6-4-20(5-7-21)17-43-25-15-22(23(35)16-27(25)51(46,47)18-24(39)30(43)45)29(44)41-33-11-8-32(9-12-33,10-13-33)31-40-28(42-50-31)26-3-2-14-48-26/h4-7,15-16,19,24,26H,2-3,8-14,17-18,39H2,1H3,(H,41,44)/t19-,24+,26-,32?,33?/m1/s1. The molecule has 2 aromatic carbocycles. The smallest absolute Gasteiger partial charge is 0.425 e. The monoisotopic (exact) mass is 735 g/mol. The predicted molar refractivity (Wildman–Crippen MR) is 172 cm³/mol. The summed E-state index contributed by atoms with van der Waals surface area (Å²) in [6.07, 6.45) is -1.37. The van der Waals surface area contributed by atoms with Crippen LogP contribution in [-0.4, -0.2) is 66.6 Å². The average Bonchev–Trinajstić information content (AvgIpc) is 3.80. The van der Waals surface area contributed by atoms with Gasteiger partial charge in [0.2, 0.25) is 17.6 Å². The van der Waals surface area contributed by atoms with Crippen LogP contribution in [0, 0.1) is 5.82 Å². The van der Waals surface area contributed by atoms with Gasteiger partial charge in [0, 0.05) is 17.6 Å². The highest BCUT2D eigenvalue weighted by Gasteiger charge is 2.53. The number of rotatable bonds is 8. The van der Waals surface area contributed by atoms with E-state index in [4.69, 9.17) is 19.7 Å². The molecule has 3 heterocycles. The Kier molecular flexibility index (Phi) is 8.89. The third kappa shape index (κ3) is 6.70. The second-order valence-corrected chi connectivity index (χ2v) is 16.0. The van der Waals surface area contributed by atoms with Gasteiger partial charge in [-0.15, -0.1) is 0 Å². The van der Waals surface area contributed by atoms with Crippen LogP contribution in [0.25, 0.3) is 0 Å². The number of halogens is 4. The van der Waals surface area contributed by atoms with Crippen molar-refractivity contribution in [1.82, 2.24) is 15.5 Å². The van der Waals surface area contributed by atoms with Crippen molar-refractivity contribution in [3.8, 4) is 5.75 Å². The molecule has 5 aliphatic rings. The van der Waals surface area contributed by atoms with Crippen molar-refractivity contribution >= 4 is 27.3 Å². The highest BCUT2D eigenvalue weighted by molar-refractivity contribution is 7.91. The van der Waals surface area contributed by atoms with Gasteiger partial charge in [-0.2, -0.15) is 18.2 Å². The molecule has 1 saturated heterocycles.